The van der Waals surface area contributed by atoms with Crippen LogP contribution < -0.4 is 0 Å². The molecule has 1 fully saturated rings. The van der Waals surface area contributed by atoms with Crippen molar-refractivity contribution in [3.05, 3.63) is 0 Å². The molecule has 0 aromatic heterocycles. The standard InChI is InChI=1S/C7H12ClFO/c1-3-5-4(2)6(9)7(8)10-5/h4-7H,3H2,1-2H3. The molecule has 0 aromatic carbocycles. The molecule has 10 heavy (non-hydrogen) atoms. The van der Waals surface area contributed by atoms with E-state index in [2.05, 4.69) is 0 Å². The molecule has 1 aliphatic heterocycles. The summed E-state index contributed by atoms with van der Waals surface area (Å²) in [6, 6.07) is 0. The summed E-state index contributed by atoms with van der Waals surface area (Å²) in [6.45, 7) is 3.81. The number of alkyl halides is 2. The van der Waals surface area contributed by atoms with Crippen molar-refractivity contribution in [2.24, 2.45) is 5.92 Å². The maximum Gasteiger partial charge on any atom is 0.162 e. The highest BCUT2D eigenvalue weighted by Crippen LogP contribution is 2.32. The van der Waals surface area contributed by atoms with Gasteiger partial charge in [0, 0.05) is 5.92 Å². The zero-order chi connectivity index (χ0) is 7.72. The van der Waals surface area contributed by atoms with Crippen molar-refractivity contribution >= 4 is 11.6 Å². The minimum absolute atomic E-state index is 0.0116. The largest absolute Gasteiger partial charge is 0.356 e. The molecule has 0 radical (unpaired) electrons. The number of halogens is 2. The van der Waals surface area contributed by atoms with E-state index >= 15 is 0 Å². The number of hydrogen-bond donors (Lipinski definition) is 0. The molecule has 0 spiro atoms. The Bertz CT molecular complexity index is 120. The highest BCUT2D eigenvalue weighted by molar-refractivity contribution is 6.20. The SMILES string of the molecule is CCC1OC(Cl)C(F)C1C. The molecular weight excluding hydrogens is 155 g/mol. The second-order valence-electron chi connectivity index (χ2n) is 2.74. The highest BCUT2D eigenvalue weighted by atomic mass is 35.5. The highest BCUT2D eigenvalue weighted by Gasteiger charge is 2.39. The molecule has 1 saturated heterocycles. The molecule has 3 heteroatoms. The molecule has 0 bridgehead atoms. The average molecular weight is 167 g/mol. The third-order valence-corrected chi connectivity index (χ3v) is 2.39. The fraction of sp³-hybridized carbons (Fsp3) is 1.00. The van der Waals surface area contributed by atoms with E-state index in [9.17, 15) is 4.39 Å². The second-order valence-corrected chi connectivity index (χ2v) is 3.17. The summed E-state index contributed by atoms with van der Waals surface area (Å²) < 4.78 is 18.0. The maximum atomic E-state index is 12.9. The molecule has 60 valence electrons. The van der Waals surface area contributed by atoms with Gasteiger partial charge in [-0.25, -0.2) is 4.39 Å². The Hall–Kier alpha value is 0.180. The predicted octanol–water partition coefficient (Wildman–Crippen LogP) is 2.33. The van der Waals surface area contributed by atoms with E-state index < -0.39 is 11.7 Å². The first-order valence-corrected chi connectivity index (χ1v) is 4.04. The quantitative estimate of drug-likeness (QED) is 0.544. The fourth-order valence-corrected chi connectivity index (χ4v) is 1.64. The van der Waals surface area contributed by atoms with E-state index in [1.165, 1.54) is 0 Å². The summed E-state index contributed by atoms with van der Waals surface area (Å²) in [5, 5.41) is 0. The molecule has 0 aliphatic carbocycles. The van der Waals surface area contributed by atoms with E-state index in [0.29, 0.717) is 0 Å². The van der Waals surface area contributed by atoms with Crippen LogP contribution in [0.5, 0.6) is 0 Å². The molecule has 0 aromatic rings. The Kier molecular flexibility index (Phi) is 2.53. The van der Waals surface area contributed by atoms with Gasteiger partial charge in [0.25, 0.3) is 0 Å². The Morgan fingerprint density at radius 2 is 2.20 bits per heavy atom. The molecular formula is C7H12ClFO. The van der Waals surface area contributed by atoms with Gasteiger partial charge in [-0.15, -0.1) is 0 Å². The lowest BCUT2D eigenvalue weighted by atomic mass is 10.0. The lowest BCUT2D eigenvalue weighted by Crippen LogP contribution is -2.17. The third kappa shape index (κ3) is 1.28. The minimum atomic E-state index is -0.994. The zero-order valence-electron chi connectivity index (χ0n) is 6.18. The summed E-state index contributed by atoms with van der Waals surface area (Å²) in [6.07, 6.45) is -0.144. The van der Waals surface area contributed by atoms with Crippen LogP contribution in [0.3, 0.4) is 0 Å². The molecule has 1 aliphatic rings. The van der Waals surface area contributed by atoms with Gasteiger partial charge in [0.2, 0.25) is 0 Å². The van der Waals surface area contributed by atoms with Crippen LogP contribution in [-0.4, -0.2) is 17.8 Å². The van der Waals surface area contributed by atoms with Crippen LogP contribution in [0.4, 0.5) is 4.39 Å². The van der Waals surface area contributed by atoms with Crippen LogP contribution in [0, 0.1) is 5.92 Å². The molecule has 4 atom stereocenters. The number of ether oxygens (including phenoxy) is 1. The zero-order valence-corrected chi connectivity index (χ0v) is 6.94. The van der Waals surface area contributed by atoms with Crippen molar-refractivity contribution in [2.75, 3.05) is 0 Å². The van der Waals surface area contributed by atoms with Crippen molar-refractivity contribution in [1.82, 2.24) is 0 Å². The van der Waals surface area contributed by atoms with Crippen molar-refractivity contribution in [3.63, 3.8) is 0 Å². The van der Waals surface area contributed by atoms with Gasteiger partial charge in [-0.05, 0) is 6.42 Å². The van der Waals surface area contributed by atoms with E-state index in [1.807, 2.05) is 13.8 Å². The second kappa shape index (κ2) is 3.05. The minimum Gasteiger partial charge on any atom is -0.356 e. The Morgan fingerprint density at radius 1 is 1.60 bits per heavy atom. The van der Waals surface area contributed by atoms with Crippen LogP contribution in [0.2, 0.25) is 0 Å². The van der Waals surface area contributed by atoms with E-state index in [1.54, 1.807) is 0 Å². The Morgan fingerprint density at radius 3 is 2.40 bits per heavy atom. The topological polar surface area (TPSA) is 9.23 Å². The first kappa shape index (κ1) is 8.28. The lowest BCUT2D eigenvalue weighted by Gasteiger charge is -2.10. The van der Waals surface area contributed by atoms with Gasteiger partial charge in [-0.2, -0.15) is 0 Å². The molecule has 1 rings (SSSR count). The predicted molar refractivity (Wildman–Crippen MR) is 38.9 cm³/mol. The average Bonchev–Trinajstić information content (AvgIpc) is 2.17. The van der Waals surface area contributed by atoms with Gasteiger partial charge in [-0.1, -0.05) is 25.4 Å². The van der Waals surface area contributed by atoms with Gasteiger partial charge in [0.15, 0.2) is 5.56 Å². The molecule has 4 unspecified atom stereocenters. The van der Waals surface area contributed by atoms with E-state index in [-0.39, 0.29) is 12.0 Å². The molecule has 0 N–H and O–H groups in total. The van der Waals surface area contributed by atoms with E-state index in [4.69, 9.17) is 16.3 Å². The van der Waals surface area contributed by atoms with Crippen molar-refractivity contribution in [1.29, 1.82) is 0 Å². The Labute approximate surface area is 65.5 Å². The summed E-state index contributed by atoms with van der Waals surface area (Å²) in [5.74, 6) is -0.0486. The van der Waals surface area contributed by atoms with Crippen molar-refractivity contribution < 1.29 is 9.13 Å². The Balaban J connectivity index is 2.53. The van der Waals surface area contributed by atoms with Crippen LogP contribution in [0.25, 0.3) is 0 Å². The molecule has 1 heterocycles. The summed E-state index contributed by atoms with van der Waals surface area (Å²) in [5.41, 5.74) is -0.722. The van der Waals surface area contributed by atoms with Crippen LogP contribution in [0.15, 0.2) is 0 Å². The molecule has 0 amide bonds. The summed E-state index contributed by atoms with van der Waals surface area (Å²) >= 11 is 5.53. The molecule has 0 saturated carbocycles. The lowest BCUT2D eigenvalue weighted by molar-refractivity contribution is 0.0678. The summed E-state index contributed by atoms with van der Waals surface area (Å²) in [7, 11) is 0. The first-order valence-electron chi connectivity index (χ1n) is 3.60. The van der Waals surface area contributed by atoms with Gasteiger partial charge in [0.05, 0.1) is 6.10 Å². The van der Waals surface area contributed by atoms with Gasteiger partial charge in [-0.3, -0.25) is 0 Å². The van der Waals surface area contributed by atoms with Crippen LogP contribution >= 0.6 is 11.6 Å². The maximum absolute atomic E-state index is 12.9. The smallest absolute Gasteiger partial charge is 0.162 e. The van der Waals surface area contributed by atoms with Gasteiger partial charge >= 0.3 is 0 Å². The van der Waals surface area contributed by atoms with E-state index in [0.717, 1.165) is 6.42 Å². The number of rotatable bonds is 1. The first-order chi connectivity index (χ1) is 4.66. The normalized spacial score (nSPS) is 48.0. The monoisotopic (exact) mass is 166 g/mol. The van der Waals surface area contributed by atoms with Gasteiger partial charge < -0.3 is 4.74 Å². The summed E-state index contributed by atoms with van der Waals surface area (Å²) in [4.78, 5) is 0. The van der Waals surface area contributed by atoms with Crippen molar-refractivity contribution in [2.45, 2.75) is 38.1 Å². The molecule has 1 nitrogen and oxygen atoms in total. The third-order valence-electron chi connectivity index (χ3n) is 2.05. The van der Waals surface area contributed by atoms with Crippen LogP contribution in [0.1, 0.15) is 20.3 Å². The van der Waals surface area contributed by atoms with Crippen molar-refractivity contribution in [3.8, 4) is 0 Å². The fourth-order valence-electron chi connectivity index (χ4n) is 1.28. The number of hydrogen-bond acceptors (Lipinski definition) is 1. The van der Waals surface area contributed by atoms with Gasteiger partial charge in [0.1, 0.15) is 6.17 Å². The van der Waals surface area contributed by atoms with Crippen LogP contribution in [-0.2, 0) is 4.74 Å².